The van der Waals surface area contributed by atoms with E-state index in [-0.39, 0.29) is 24.1 Å². The number of aromatic nitrogens is 2. The van der Waals surface area contributed by atoms with Gasteiger partial charge in [0.1, 0.15) is 0 Å². The summed E-state index contributed by atoms with van der Waals surface area (Å²) in [5.74, 6) is -0.287. The van der Waals surface area contributed by atoms with Gasteiger partial charge in [0, 0.05) is 12.5 Å². The largest absolute Gasteiger partial charge is 0.416 e. The number of carbonyl (C=O) groups is 1. The zero-order chi connectivity index (χ0) is 18.2. The van der Waals surface area contributed by atoms with E-state index in [1.807, 2.05) is 0 Å². The number of nitrogens with one attached hydrogen (secondary N) is 1. The van der Waals surface area contributed by atoms with Crippen LogP contribution in [0.15, 0.2) is 30.5 Å². The molecular formula is C17H18F3N3O2. The van der Waals surface area contributed by atoms with Gasteiger partial charge in [-0.05, 0) is 38.0 Å². The molecule has 0 aliphatic heterocycles. The van der Waals surface area contributed by atoms with Gasteiger partial charge in [0.2, 0.25) is 0 Å². The average molecular weight is 353 g/mol. The monoisotopic (exact) mass is 353 g/mol. The Bertz CT molecular complexity index is 780. The van der Waals surface area contributed by atoms with Crippen LogP contribution in [-0.2, 0) is 6.18 Å². The summed E-state index contributed by atoms with van der Waals surface area (Å²) < 4.78 is 40.2. The van der Waals surface area contributed by atoms with Crippen LogP contribution in [0.4, 0.5) is 13.2 Å². The van der Waals surface area contributed by atoms with Crippen LogP contribution in [0.2, 0.25) is 0 Å². The van der Waals surface area contributed by atoms with E-state index in [1.54, 1.807) is 6.92 Å². The molecular weight excluding hydrogens is 335 g/mol. The summed E-state index contributed by atoms with van der Waals surface area (Å²) in [4.78, 5) is 12.3. The minimum Gasteiger partial charge on any atom is -0.392 e. The van der Waals surface area contributed by atoms with E-state index in [1.165, 1.54) is 23.0 Å². The molecule has 1 atom stereocenters. The number of benzene rings is 1. The Morgan fingerprint density at radius 2 is 2.16 bits per heavy atom. The molecule has 1 saturated carbocycles. The molecule has 1 aliphatic rings. The van der Waals surface area contributed by atoms with Gasteiger partial charge in [-0.3, -0.25) is 4.79 Å². The molecule has 0 bridgehead atoms. The first-order chi connectivity index (χ1) is 11.8. The zero-order valence-electron chi connectivity index (χ0n) is 13.5. The Kier molecular flexibility index (Phi) is 4.55. The number of halogens is 3. The number of aliphatic hydroxyl groups is 1. The molecule has 134 valence electrons. The van der Waals surface area contributed by atoms with Crippen molar-refractivity contribution in [1.29, 1.82) is 0 Å². The van der Waals surface area contributed by atoms with Crippen molar-refractivity contribution >= 4 is 5.91 Å². The number of hydrogen-bond acceptors (Lipinski definition) is 3. The fourth-order valence-corrected chi connectivity index (χ4v) is 2.64. The molecule has 0 radical (unpaired) electrons. The minimum absolute atomic E-state index is 0.0949. The second-order valence-electron chi connectivity index (χ2n) is 6.24. The van der Waals surface area contributed by atoms with Gasteiger partial charge in [0.25, 0.3) is 5.91 Å². The molecule has 2 aromatic rings. The maximum atomic E-state index is 12.9. The fourth-order valence-electron chi connectivity index (χ4n) is 2.64. The quantitative estimate of drug-likeness (QED) is 0.869. The SMILES string of the molecule is CC(O)CNC(=O)c1cnn(-c2cccc(C(F)(F)F)c2)c1C1CC1. The van der Waals surface area contributed by atoms with Gasteiger partial charge in [-0.25, -0.2) is 4.68 Å². The summed E-state index contributed by atoms with van der Waals surface area (Å²) in [5, 5.41) is 16.0. The molecule has 5 nitrogen and oxygen atoms in total. The van der Waals surface area contributed by atoms with Crippen LogP contribution in [0.3, 0.4) is 0 Å². The van der Waals surface area contributed by atoms with Gasteiger partial charge in [-0.2, -0.15) is 18.3 Å². The molecule has 3 rings (SSSR count). The Balaban J connectivity index is 1.97. The number of amides is 1. The number of alkyl halides is 3. The second-order valence-corrected chi connectivity index (χ2v) is 6.24. The van der Waals surface area contributed by atoms with E-state index in [0.29, 0.717) is 11.3 Å². The predicted molar refractivity (Wildman–Crippen MR) is 84.6 cm³/mol. The Morgan fingerprint density at radius 3 is 2.76 bits per heavy atom. The molecule has 1 aliphatic carbocycles. The maximum Gasteiger partial charge on any atom is 0.416 e. The van der Waals surface area contributed by atoms with Crippen LogP contribution in [0, 0.1) is 0 Å². The van der Waals surface area contributed by atoms with Crippen LogP contribution in [0.5, 0.6) is 0 Å². The van der Waals surface area contributed by atoms with Crippen molar-refractivity contribution in [2.24, 2.45) is 0 Å². The summed E-state index contributed by atoms with van der Waals surface area (Å²) in [7, 11) is 0. The van der Waals surface area contributed by atoms with E-state index in [4.69, 9.17) is 0 Å². The number of rotatable bonds is 5. The second kappa shape index (κ2) is 6.51. The number of carbonyl (C=O) groups excluding carboxylic acids is 1. The lowest BCUT2D eigenvalue weighted by atomic mass is 10.1. The third kappa shape index (κ3) is 3.84. The van der Waals surface area contributed by atoms with Crippen LogP contribution < -0.4 is 5.32 Å². The van der Waals surface area contributed by atoms with E-state index < -0.39 is 17.8 Å². The molecule has 1 aromatic carbocycles. The third-order valence-electron chi connectivity index (χ3n) is 3.99. The zero-order valence-corrected chi connectivity index (χ0v) is 13.5. The number of aliphatic hydroxyl groups excluding tert-OH is 1. The minimum atomic E-state index is -4.44. The summed E-state index contributed by atoms with van der Waals surface area (Å²) in [5.41, 5.74) is 0.455. The molecule has 1 amide bonds. The maximum absolute atomic E-state index is 12.9. The van der Waals surface area contributed by atoms with Crippen LogP contribution in [0.25, 0.3) is 5.69 Å². The highest BCUT2D eigenvalue weighted by Crippen LogP contribution is 2.42. The van der Waals surface area contributed by atoms with Crippen molar-refractivity contribution in [2.45, 2.75) is 38.0 Å². The molecule has 1 heterocycles. The Labute approximate surface area is 142 Å². The van der Waals surface area contributed by atoms with Gasteiger partial charge in [0.15, 0.2) is 0 Å². The highest BCUT2D eigenvalue weighted by atomic mass is 19.4. The molecule has 1 fully saturated rings. The normalized spacial score (nSPS) is 15.9. The number of nitrogens with zero attached hydrogens (tertiary/aromatic N) is 2. The fraction of sp³-hybridized carbons (Fsp3) is 0.412. The summed E-state index contributed by atoms with van der Waals surface area (Å²) in [6, 6.07) is 4.88. The van der Waals surface area contributed by atoms with Gasteiger partial charge >= 0.3 is 6.18 Å². The molecule has 1 unspecified atom stereocenters. The summed E-state index contributed by atoms with van der Waals surface area (Å²) in [6.45, 7) is 1.64. The van der Waals surface area contributed by atoms with Crippen molar-refractivity contribution in [3.63, 3.8) is 0 Å². The van der Waals surface area contributed by atoms with Crippen LogP contribution in [0.1, 0.15) is 47.3 Å². The predicted octanol–water partition coefficient (Wildman–Crippen LogP) is 2.88. The van der Waals surface area contributed by atoms with Crippen LogP contribution in [-0.4, -0.2) is 33.4 Å². The van der Waals surface area contributed by atoms with Gasteiger partial charge in [-0.1, -0.05) is 6.07 Å². The van der Waals surface area contributed by atoms with E-state index in [0.717, 1.165) is 25.0 Å². The molecule has 0 saturated heterocycles. The lowest BCUT2D eigenvalue weighted by Gasteiger charge is -2.12. The molecule has 1 aromatic heterocycles. The standard InChI is InChI=1S/C17H18F3N3O2/c1-10(24)8-21-16(25)14-9-22-23(15(14)11-5-6-11)13-4-2-3-12(7-13)17(18,19)20/h2-4,7,9-11,24H,5-6,8H2,1H3,(H,21,25). The van der Waals surface area contributed by atoms with Gasteiger partial charge < -0.3 is 10.4 Å². The highest BCUT2D eigenvalue weighted by Gasteiger charge is 2.34. The topological polar surface area (TPSA) is 67.2 Å². The van der Waals surface area contributed by atoms with E-state index in [2.05, 4.69) is 10.4 Å². The van der Waals surface area contributed by atoms with Crippen molar-refractivity contribution in [1.82, 2.24) is 15.1 Å². The van der Waals surface area contributed by atoms with Gasteiger partial charge in [-0.15, -0.1) is 0 Å². The lowest BCUT2D eigenvalue weighted by molar-refractivity contribution is -0.137. The van der Waals surface area contributed by atoms with Crippen molar-refractivity contribution in [3.05, 3.63) is 47.3 Å². The van der Waals surface area contributed by atoms with Crippen molar-refractivity contribution < 1.29 is 23.1 Å². The Morgan fingerprint density at radius 1 is 1.44 bits per heavy atom. The van der Waals surface area contributed by atoms with E-state index in [9.17, 15) is 23.1 Å². The van der Waals surface area contributed by atoms with E-state index >= 15 is 0 Å². The van der Waals surface area contributed by atoms with Crippen molar-refractivity contribution in [3.8, 4) is 5.69 Å². The smallest absolute Gasteiger partial charge is 0.392 e. The third-order valence-corrected chi connectivity index (χ3v) is 3.99. The average Bonchev–Trinajstić information content (AvgIpc) is 3.30. The molecule has 2 N–H and O–H groups in total. The van der Waals surface area contributed by atoms with Crippen molar-refractivity contribution in [2.75, 3.05) is 6.54 Å². The Hall–Kier alpha value is -2.35. The first-order valence-corrected chi connectivity index (χ1v) is 7.99. The molecule has 25 heavy (non-hydrogen) atoms. The van der Waals surface area contributed by atoms with Crippen LogP contribution >= 0.6 is 0 Å². The number of hydrogen-bond donors (Lipinski definition) is 2. The molecule has 0 spiro atoms. The lowest BCUT2D eigenvalue weighted by Crippen LogP contribution is -2.31. The first-order valence-electron chi connectivity index (χ1n) is 7.99. The summed E-state index contributed by atoms with van der Waals surface area (Å²) >= 11 is 0. The highest BCUT2D eigenvalue weighted by molar-refractivity contribution is 5.95. The first kappa shape index (κ1) is 17.5. The van der Waals surface area contributed by atoms with Gasteiger partial charge in [0.05, 0.1) is 34.8 Å². The molecule has 8 heteroatoms. The summed E-state index contributed by atoms with van der Waals surface area (Å²) in [6.07, 6.45) is -2.04.